The van der Waals surface area contributed by atoms with Crippen LogP contribution in [0, 0.1) is 5.92 Å². The Bertz CT molecular complexity index is 464. The molecule has 2 unspecified atom stereocenters. The van der Waals surface area contributed by atoms with Gasteiger partial charge in [-0.3, -0.25) is 9.69 Å². The molecule has 1 aromatic rings. The van der Waals surface area contributed by atoms with Gasteiger partial charge in [0.2, 0.25) is 0 Å². The first-order chi connectivity index (χ1) is 9.58. The van der Waals surface area contributed by atoms with E-state index in [1.165, 1.54) is 5.56 Å². The van der Waals surface area contributed by atoms with E-state index in [1.807, 2.05) is 19.2 Å². The maximum Gasteiger partial charge on any atom is 0.308 e. The Morgan fingerprint density at radius 2 is 2.10 bits per heavy atom. The van der Waals surface area contributed by atoms with E-state index in [9.17, 15) is 9.90 Å². The SMILES string of the molecule is CN(Cc1cccc(Br)c1)C1CCCCCC1C(=O)O. The van der Waals surface area contributed by atoms with Crippen LogP contribution in [0.1, 0.15) is 37.7 Å². The lowest BCUT2D eigenvalue weighted by atomic mass is 9.93. The summed E-state index contributed by atoms with van der Waals surface area (Å²) in [6.07, 6.45) is 5.13. The first-order valence-electron chi connectivity index (χ1n) is 7.25. The van der Waals surface area contributed by atoms with E-state index in [2.05, 4.69) is 33.0 Å². The molecule has 110 valence electrons. The van der Waals surface area contributed by atoms with Crippen molar-refractivity contribution in [2.75, 3.05) is 7.05 Å². The van der Waals surface area contributed by atoms with E-state index in [0.717, 1.165) is 43.1 Å². The van der Waals surface area contributed by atoms with Gasteiger partial charge < -0.3 is 5.11 Å². The predicted molar refractivity (Wildman–Crippen MR) is 83.6 cm³/mol. The maximum absolute atomic E-state index is 11.5. The quantitative estimate of drug-likeness (QED) is 0.845. The highest BCUT2D eigenvalue weighted by Gasteiger charge is 2.32. The van der Waals surface area contributed by atoms with Gasteiger partial charge >= 0.3 is 5.97 Å². The molecule has 0 radical (unpaired) electrons. The first kappa shape index (κ1) is 15.5. The summed E-state index contributed by atoms with van der Waals surface area (Å²) in [6.45, 7) is 0.799. The van der Waals surface area contributed by atoms with Crippen molar-refractivity contribution in [2.24, 2.45) is 5.92 Å². The number of rotatable bonds is 4. The molecule has 1 fully saturated rings. The van der Waals surface area contributed by atoms with Gasteiger partial charge in [-0.25, -0.2) is 0 Å². The first-order valence-corrected chi connectivity index (χ1v) is 8.04. The van der Waals surface area contributed by atoms with Gasteiger partial charge in [0.15, 0.2) is 0 Å². The highest BCUT2D eigenvalue weighted by molar-refractivity contribution is 9.10. The van der Waals surface area contributed by atoms with Crippen LogP contribution in [0.15, 0.2) is 28.7 Å². The summed E-state index contributed by atoms with van der Waals surface area (Å²) in [4.78, 5) is 13.7. The molecule has 0 bridgehead atoms. The minimum absolute atomic E-state index is 0.147. The second-order valence-corrected chi connectivity index (χ2v) is 6.61. The van der Waals surface area contributed by atoms with Gasteiger partial charge in [0.05, 0.1) is 5.92 Å². The van der Waals surface area contributed by atoms with Crippen molar-refractivity contribution in [3.05, 3.63) is 34.3 Å². The molecule has 0 heterocycles. The fourth-order valence-electron chi connectivity index (χ4n) is 3.14. The Morgan fingerprint density at radius 3 is 2.80 bits per heavy atom. The highest BCUT2D eigenvalue weighted by atomic mass is 79.9. The maximum atomic E-state index is 11.5. The Hall–Kier alpha value is -0.870. The number of halogens is 1. The summed E-state index contributed by atoms with van der Waals surface area (Å²) in [5, 5.41) is 9.46. The average molecular weight is 340 g/mol. The molecule has 3 nitrogen and oxygen atoms in total. The van der Waals surface area contributed by atoms with Crippen molar-refractivity contribution in [1.29, 1.82) is 0 Å². The second kappa shape index (κ2) is 7.23. The van der Waals surface area contributed by atoms with E-state index in [-0.39, 0.29) is 12.0 Å². The Morgan fingerprint density at radius 1 is 1.35 bits per heavy atom. The molecule has 1 aliphatic carbocycles. The van der Waals surface area contributed by atoms with Crippen LogP contribution < -0.4 is 0 Å². The smallest absolute Gasteiger partial charge is 0.308 e. The van der Waals surface area contributed by atoms with E-state index < -0.39 is 5.97 Å². The molecule has 20 heavy (non-hydrogen) atoms. The predicted octanol–water partition coefficient (Wildman–Crippen LogP) is 3.91. The van der Waals surface area contributed by atoms with Crippen LogP contribution in [0.4, 0.5) is 0 Å². The van der Waals surface area contributed by atoms with Crippen molar-refractivity contribution in [2.45, 2.75) is 44.7 Å². The van der Waals surface area contributed by atoms with Crippen LogP contribution in [0.5, 0.6) is 0 Å². The van der Waals surface area contributed by atoms with Gasteiger partial charge in [-0.05, 0) is 37.6 Å². The van der Waals surface area contributed by atoms with Crippen LogP contribution in [-0.2, 0) is 11.3 Å². The number of benzene rings is 1. The molecular weight excluding hydrogens is 318 g/mol. The number of hydrogen-bond acceptors (Lipinski definition) is 2. The molecule has 0 spiro atoms. The Labute approximate surface area is 129 Å². The normalized spacial score (nSPS) is 23.6. The number of hydrogen-bond donors (Lipinski definition) is 1. The van der Waals surface area contributed by atoms with Crippen molar-refractivity contribution in [3.63, 3.8) is 0 Å². The van der Waals surface area contributed by atoms with Crippen LogP contribution in [0.25, 0.3) is 0 Å². The molecule has 0 amide bonds. The van der Waals surface area contributed by atoms with Crippen LogP contribution in [-0.4, -0.2) is 29.1 Å². The van der Waals surface area contributed by atoms with Gasteiger partial charge in [0, 0.05) is 17.1 Å². The van der Waals surface area contributed by atoms with Crippen molar-refractivity contribution in [1.82, 2.24) is 4.90 Å². The summed E-state index contributed by atoms with van der Waals surface area (Å²) >= 11 is 3.48. The van der Waals surface area contributed by atoms with Gasteiger partial charge in [-0.15, -0.1) is 0 Å². The summed E-state index contributed by atoms with van der Waals surface area (Å²) < 4.78 is 1.07. The fourth-order valence-corrected chi connectivity index (χ4v) is 3.59. The zero-order valence-corrected chi connectivity index (χ0v) is 13.5. The third kappa shape index (κ3) is 4.06. The largest absolute Gasteiger partial charge is 0.481 e. The summed E-state index contributed by atoms with van der Waals surface area (Å²) in [5.74, 6) is -0.868. The molecule has 0 aromatic heterocycles. The van der Waals surface area contributed by atoms with Crippen molar-refractivity contribution >= 4 is 21.9 Å². The van der Waals surface area contributed by atoms with E-state index >= 15 is 0 Å². The van der Waals surface area contributed by atoms with Gasteiger partial charge in [0.25, 0.3) is 0 Å². The monoisotopic (exact) mass is 339 g/mol. The standard InChI is InChI=1S/C16H22BrNO2/c1-18(11-12-6-5-7-13(17)10-12)15-9-4-2-3-8-14(15)16(19)20/h5-7,10,14-15H,2-4,8-9,11H2,1H3,(H,19,20). The zero-order valence-electron chi connectivity index (χ0n) is 11.9. The van der Waals surface area contributed by atoms with Crippen molar-refractivity contribution in [3.8, 4) is 0 Å². The van der Waals surface area contributed by atoms with Crippen LogP contribution >= 0.6 is 15.9 Å². The number of carbonyl (C=O) groups is 1. The number of carboxylic acid groups (broad SMARTS) is 1. The molecular formula is C16H22BrNO2. The van der Waals surface area contributed by atoms with Gasteiger partial charge in [0.1, 0.15) is 0 Å². The Balaban J connectivity index is 2.08. The molecule has 4 heteroatoms. The lowest BCUT2D eigenvalue weighted by molar-refractivity contribution is -0.144. The molecule has 0 aliphatic heterocycles. The number of carboxylic acids is 1. The molecule has 0 saturated heterocycles. The van der Waals surface area contributed by atoms with Crippen molar-refractivity contribution < 1.29 is 9.90 Å². The van der Waals surface area contributed by atoms with Crippen LogP contribution in [0.2, 0.25) is 0 Å². The minimum Gasteiger partial charge on any atom is -0.481 e. The molecule has 1 saturated carbocycles. The molecule has 1 aliphatic rings. The van der Waals surface area contributed by atoms with E-state index in [0.29, 0.717) is 0 Å². The minimum atomic E-state index is -0.641. The fraction of sp³-hybridized carbons (Fsp3) is 0.562. The number of nitrogens with zero attached hydrogens (tertiary/aromatic N) is 1. The summed E-state index contributed by atoms with van der Waals surface area (Å²) in [5.41, 5.74) is 1.22. The topological polar surface area (TPSA) is 40.5 Å². The third-order valence-electron chi connectivity index (χ3n) is 4.18. The lowest BCUT2D eigenvalue weighted by Crippen LogP contribution is -2.40. The van der Waals surface area contributed by atoms with E-state index in [4.69, 9.17) is 0 Å². The van der Waals surface area contributed by atoms with Gasteiger partial charge in [-0.2, -0.15) is 0 Å². The zero-order chi connectivity index (χ0) is 14.5. The van der Waals surface area contributed by atoms with Crippen LogP contribution in [0.3, 0.4) is 0 Å². The Kier molecular flexibility index (Phi) is 5.61. The highest BCUT2D eigenvalue weighted by Crippen LogP contribution is 2.28. The molecule has 2 atom stereocenters. The molecule has 1 N–H and O–H groups in total. The average Bonchev–Trinajstić information content (AvgIpc) is 2.64. The van der Waals surface area contributed by atoms with E-state index in [1.54, 1.807) is 0 Å². The molecule has 2 rings (SSSR count). The summed E-state index contributed by atoms with van der Waals surface area (Å²) in [7, 11) is 2.05. The lowest BCUT2D eigenvalue weighted by Gasteiger charge is -2.31. The summed E-state index contributed by atoms with van der Waals surface area (Å²) in [6, 6.07) is 8.37. The molecule has 1 aromatic carbocycles. The number of aliphatic carboxylic acids is 1. The second-order valence-electron chi connectivity index (χ2n) is 5.70. The van der Waals surface area contributed by atoms with Gasteiger partial charge in [-0.1, -0.05) is 47.3 Å². The third-order valence-corrected chi connectivity index (χ3v) is 4.68.